The minimum Gasteiger partial charge on any atom is -0.480 e. The van der Waals surface area contributed by atoms with Gasteiger partial charge < -0.3 is 15.0 Å². The van der Waals surface area contributed by atoms with Crippen LogP contribution in [0.1, 0.15) is 10.4 Å². The number of aromatic nitrogens is 2. The lowest BCUT2D eigenvalue weighted by Crippen LogP contribution is -2.54. The highest BCUT2D eigenvalue weighted by Gasteiger charge is 2.39. The van der Waals surface area contributed by atoms with Crippen molar-refractivity contribution in [3.8, 4) is 0 Å². The number of sulfone groups is 1. The van der Waals surface area contributed by atoms with Crippen LogP contribution in [0.2, 0.25) is 0 Å². The van der Waals surface area contributed by atoms with Crippen molar-refractivity contribution in [2.45, 2.75) is 6.04 Å². The molecular formula is C13H12FN3O5S. The van der Waals surface area contributed by atoms with E-state index >= 15 is 0 Å². The average molecular weight is 341 g/mol. The molecule has 1 saturated heterocycles. The molecule has 8 nitrogen and oxygen atoms in total. The van der Waals surface area contributed by atoms with Crippen molar-refractivity contribution in [2.24, 2.45) is 0 Å². The number of imidazole rings is 1. The van der Waals surface area contributed by atoms with Gasteiger partial charge in [-0.1, -0.05) is 0 Å². The predicted octanol–water partition coefficient (Wildman–Crippen LogP) is 0.0258. The van der Waals surface area contributed by atoms with Gasteiger partial charge in [-0.05, 0) is 12.1 Å². The number of aromatic amines is 1. The third-order valence-corrected chi connectivity index (χ3v) is 5.32. The number of aliphatic carboxylic acids is 1. The maximum absolute atomic E-state index is 13.7. The van der Waals surface area contributed by atoms with Crippen molar-refractivity contribution < 1.29 is 27.5 Å². The fourth-order valence-electron chi connectivity index (χ4n) is 2.59. The number of halogens is 1. The van der Waals surface area contributed by atoms with Gasteiger partial charge in [-0.2, -0.15) is 0 Å². The van der Waals surface area contributed by atoms with Crippen LogP contribution in [0.4, 0.5) is 4.39 Å². The SMILES string of the molecule is O=C(O)C1CS(=O)(=O)CCN1C(=O)c1cc(F)cc2[nH]cnc12. The maximum atomic E-state index is 13.7. The number of H-pyrrole nitrogens is 1. The van der Waals surface area contributed by atoms with Crippen molar-refractivity contribution in [1.29, 1.82) is 0 Å². The van der Waals surface area contributed by atoms with Crippen LogP contribution < -0.4 is 0 Å². The van der Waals surface area contributed by atoms with E-state index < -0.39 is 39.3 Å². The van der Waals surface area contributed by atoms with Crippen LogP contribution in [0.25, 0.3) is 11.0 Å². The predicted molar refractivity (Wildman–Crippen MR) is 77.2 cm³/mol. The Hall–Kier alpha value is -2.49. The number of amides is 1. The first-order valence-corrected chi connectivity index (χ1v) is 8.47. The summed E-state index contributed by atoms with van der Waals surface area (Å²) >= 11 is 0. The lowest BCUT2D eigenvalue weighted by Gasteiger charge is -2.32. The van der Waals surface area contributed by atoms with E-state index in [1.807, 2.05) is 0 Å². The van der Waals surface area contributed by atoms with Gasteiger partial charge in [-0.3, -0.25) is 4.79 Å². The highest BCUT2D eigenvalue weighted by Crippen LogP contribution is 2.22. The molecule has 2 aromatic rings. The van der Waals surface area contributed by atoms with Crippen LogP contribution in [0.5, 0.6) is 0 Å². The molecule has 0 radical (unpaired) electrons. The van der Waals surface area contributed by atoms with Crippen LogP contribution in [-0.2, 0) is 14.6 Å². The van der Waals surface area contributed by atoms with Gasteiger partial charge in [0.2, 0.25) is 0 Å². The first-order chi connectivity index (χ1) is 10.8. The zero-order chi connectivity index (χ0) is 16.8. The van der Waals surface area contributed by atoms with E-state index in [0.29, 0.717) is 5.52 Å². The molecule has 0 aliphatic carbocycles. The van der Waals surface area contributed by atoms with Crippen LogP contribution in [0, 0.1) is 5.82 Å². The summed E-state index contributed by atoms with van der Waals surface area (Å²) in [6.45, 7) is -0.263. The van der Waals surface area contributed by atoms with Crippen LogP contribution in [0.15, 0.2) is 18.5 Å². The van der Waals surface area contributed by atoms with Crippen LogP contribution >= 0.6 is 0 Å². The second-order valence-electron chi connectivity index (χ2n) is 5.22. The summed E-state index contributed by atoms with van der Waals surface area (Å²) in [4.78, 5) is 31.5. The smallest absolute Gasteiger partial charge is 0.327 e. The summed E-state index contributed by atoms with van der Waals surface area (Å²) in [6, 6.07) is 0.626. The monoisotopic (exact) mass is 341 g/mol. The number of hydrogen-bond donors (Lipinski definition) is 2. The van der Waals surface area contributed by atoms with Crippen LogP contribution in [0.3, 0.4) is 0 Å². The molecule has 1 amide bonds. The molecular weight excluding hydrogens is 329 g/mol. The molecule has 0 bridgehead atoms. The molecule has 10 heteroatoms. The number of carboxylic acid groups (broad SMARTS) is 1. The second-order valence-corrected chi connectivity index (χ2v) is 7.45. The Balaban J connectivity index is 2.04. The fraction of sp³-hybridized carbons (Fsp3) is 0.308. The van der Waals surface area contributed by atoms with E-state index in [-0.39, 0.29) is 23.4 Å². The summed E-state index contributed by atoms with van der Waals surface area (Å²) < 4.78 is 36.9. The van der Waals surface area contributed by atoms with Gasteiger partial charge in [-0.15, -0.1) is 0 Å². The Bertz CT molecular complexity index is 907. The first-order valence-electron chi connectivity index (χ1n) is 6.65. The topological polar surface area (TPSA) is 120 Å². The molecule has 122 valence electrons. The van der Waals surface area contributed by atoms with Crippen molar-refractivity contribution in [3.63, 3.8) is 0 Å². The summed E-state index contributed by atoms with van der Waals surface area (Å²) in [5.74, 6) is -3.85. The molecule has 23 heavy (non-hydrogen) atoms. The summed E-state index contributed by atoms with van der Waals surface area (Å²) in [5, 5.41) is 9.21. The Morgan fingerprint density at radius 1 is 1.39 bits per heavy atom. The number of benzene rings is 1. The third-order valence-electron chi connectivity index (χ3n) is 3.70. The zero-order valence-corrected chi connectivity index (χ0v) is 12.5. The molecule has 1 aliphatic heterocycles. The Morgan fingerprint density at radius 3 is 2.83 bits per heavy atom. The van der Waals surface area contributed by atoms with E-state index in [0.717, 1.165) is 17.0 Å². The minimum atomic E-state index is -3.54. The van der Waals surface area contributed by atoms with Crippen molar-refractivity contribution >= 4 is 32.7 Å². The van der Waals surface area contributed by atoms with Gasteiger partial charge >= 0.3 is 5.97 Å². The molecule has 1 aliphatic rings. The average Bonchev–Trinajstić information content (AvgIpc) is 2.92. The number of rotatable bonds is 2. The largest absolute Gasteiger partial charge is 0.480 e. The van der Waals surface area contributed by atoms with Crippen LogP contribution in [-0.4, -0.2) is 64.4 Å². The molecule has 0 saturated carbocycles. The first kappa shape index (κ1) is 15.4. The van der Waals surface area contributed by atoms with Gasteiger partial charge in [-0.25, -0.2) is 22.6 Å². The molecule has 1 aromatic heterocycles. The third kappa shape index (κ3) is 2.77. The van der Waals surface area contributed by atoms with E-state index in [1.54, 1.807) is 0 Å². The Morgan fingerprint density at radius 2 is 2.13 bits per heavy atom. The standard InChI is InChI=1S/C13H12FN3O5S/c14-7-3-8(11-9(4-7)15-6-16-11)12(18)17-1-2-23(21,22)5-10(17)13(19)20/h3-4,6,10H,1-2,5H2,(H,15,16)(H,19,20). The number of nitrogens with zero attached hydrogens (tertiary/aromatic N) is 2. The van der Waals surface area contributed by atoms with Crippen molar-refractivity contribution in [1.82, 2.24) is 14.9 Å². The van der Waals surface area contributed by atoms with Gasteiger partial charge in [0.25, 0.3) is 5.91 Å². The van der Waals surface area contributed by atoms with Gasteiger partial charge in [0, 0.05) is 6.54 Å². The summed E-state index contributed by atoms with van der Waals surface area (Å²) in [7, 11) is -3.54. The minimum absolute atomic E-state index is 0.105. The number of carboxylic acids is 1. The maximum Gasteiger partial charge on any atom is 0.327 e. The lowest BCUT2D eigenvalue weighted by atomic mass is 10.1. The van der Waals surface area contributed by atoms with E-state index in [2.05, 4.69) is 9.97 Å². The summed E-state index contributed by atoms with van der Waals surface area (Å²) in [5.41, 5.74) is 0.394. The van der Waals surface area contributed by atoms with E-state index in [4.69, 9.17) is 0 Å². The molecule has 0 spiro atoms. The number of fused-ring (bicyclic) bond motifs is 1. The molecule has 3 rings (SSSR count). The number of nitrogens with one attached hydrogen (secondary N) is 1. The normalized spacial score (nSPS) is 20.6. The number of hydrogen-bond acceptors (Lipinski definition) is 5. The van der Waals surface area contributed by atoms with Crippen molar-refractivity contribution in [2.75, 3.05) is 18.1 Å². The Kier molecular flexibility index (Phi) is 3.55. The fourth-order valence-corrected chi connectivity index (χ4v) is 4.03. The van der Waals surface area contributed by atoms with Gasteiger partial charge in [0.15, 0.2) is 9.84 Å². The quantitative estimate of drug-likeness (QED) is 0.795. The molecule has 2 N–H and O–H groups in total. The molecule has 1 aromatic carbocycles. The molecule has 1 unspecified atom stereocenters. The van der Waals surface area contributed by atoms with E-state index in [1.165, 1.54) is 6.33 Å². The molecule has 2 heterocycles. The highest BCUT2D eigenvalue weighted by molar-refractivity contribution is 7.91. The number of carbonyl (C=O) groups excluding carboxylic acids is 1. The molecule has 1 fully saturated rings. The second kappa shape index (κ2) is 5.30. The van der Waals surface area contributed by atoms with Crippen molar-refractivity contribution in [3.05, 3.63) is 29.8 Å². The van der Waals surface area contributed by atoms with Gasteiger partial charge in [0.1, 0.15) is 17.4 Å². The summed E-state index contributed by atoms with van der Waals surface area (Å²) in [6.07, 6.45) is 1.29. The lowest BCUT2D eigenvalue weighted by molar-refractivity contribution is -0.141. The zero-order valence-electron chi connectivity index (χ0n) is 11.7. The molecule has 1 atom stereocenters. The number of carbonyl (C=O) groups is 2. The Labute approximate surface area is 129 Å². The highest BCUT2D eigenvalue weighted by atomic mass is 32.2. The van der Waals surface area contributed by atoms with Gasteiger partial charge in [0.05, 0.1) is 28.9 Å². The van der Waals surface area contributed by atoms with E-state index in [9.17, 15) is 27.5 Å².